The van der Waals surface area contributed by atoms with Gasteiger partial charge < -0.3 is 9.84 Å². The second-order valence-electron chi connectivity index (χ2n) is 4.49. The Hall–Kier alpha value is -0.0800. The van der Waals surface area contributed by atoms with Crippen molar-refractivity contribution in [2.24, 2.45) is 10.8 Å². The molecule has 2 heteroatoms. The third-order valence-corrected chi connectivity index (χ3v) is 3.00. The fourth-order valence-corrected chi connectivity index (χ4v) is 1.56. The molecule has 1 atom stereocenters. The first-order chi connectivity index (χ1) is 5.02. The van der Waals surface area contributed by atoms with Crippen LogP contribution in [-0.4, -0.2) is 24.9 Å². The van der Waals surface area contributed by atoms with Crippen LogP contribution in [0.15, 0.2) is 0 Å². The molecule has 0 bridgehead atoms. The van der Waals surface area contributed by atoms with Crippen molar-refractivity contribution in [1.29, 1.82) is 0 Å². The summed E-state index contributed by atoms with van der Waals surface area (Å²) in [5.74, 6) is 0. The van der Waals surface area contributed by atoms with Crippen molar-refractivity contribution < 1.29 is 9.84 Å². The van der Waals surface area contributed by atoms with Gasteiger partial charge in [0.2, 0.25) is 0 Å². The van der Waals surface area contributed by atoms with E-state index in [0.717, 1.165) is 13.0 Å². The van der Waals surface area contributed by atoms with E-state index in [2.05, 4.69) is 20.8 Å². The maximum absolute atomic E-state index is 9.27. The molecule has 0 radical (unpaired) electrons. The molecule has 0 amide bonds. The summed E-state index contributed by atoms with van der Waals surface area (Å²) in [7, 11) is 0. The molecule has 0 aromatic carbocycles. The van der Waals surface area contributed by atoms with E-state index < -0.39 is 0 Å². The quantitative estimate of drug-likeness (QED) is 0.625. The first kappa shape index (κ1) is 9.01. The molecule has 1 aliphatic rings. The van der Waals surface area contributed by atoms with Crippen molar-refractivity contribution in [1.82, 2.24) is 0 Å². The third kappa shape index (κ3) is 1.42. The summed E-state index contributed by atoms with van der Waals surface area (Å²) in [6, 6.07) is 0. The molecule has 0 aliphatic carbocycles. The zero-order valence-corrected chi connectivity index (χ0v) is 7.68. The SMILES string of the molecule is CC(C)(C)[C@]1(CO)CCOC1. The van der Waals surface area contributed by atoms with Crippen LogP contribution in [0.4, 0.5) is 0 Å². The Balaban J connectivity index is 2.75. The van der Waals surface area contributed by atoms with Crippen LogP contribution in [0.2, 0.25) is 0 Å². The molecule has 0 aromatic heterocycles. The highest BCUT2D eigenvalue weighted by Gasteiger charge is 2.44. The van der Waals surface area contributed by atoms with Crippen LogP contribution in [-0.2, 0) is 4.74 Å². The number of aliphatic hydroxyl groups excluding tert-OH is 1. The summed E-state index contributed by atoms with van der Waals surface area (Å²) >= 11 is 0. The molecule has 2 nitrogen and oxygen atoms in total. The Morgan fingerprint density at radius 2 is 2.09 bits per heavy atom. The lowest BCUT2D eigenvalue weighted by molar-refractivity contribution is 0.00546. The predicted octanol–water partition coefficient (Wildman–Crippen LogP) is 1.43. The van der Waals surface area contributed by atoms with Gasteiger partial charge in [0.05, 0.1) is 13.2 Å². The van der Waals surface area contributed by atoms with Crippen LogP contribution < -0.4 is 0 Å². The third-order valence-electron chi connectivity index (χ3n) is 3.00. The molecule has 0 aromatic rings. The van der Waals surface area contributed by atoms with Gasteiger partial charge in [-0.15, -0.1) is 0 Å². The van der Waals surface area contributed by atoms with Gasteiger partial charge in [-0.05, 0) is 11.8 Å². The highest BCUT2D eigenvalue weighted by Crippen LogP contribution is 2.44. The van der Waals surface area contributed by atoms with Gasteiger partial charge in [0.15, 0.2) is 0 Å². The molecular formula is C9H18O2. The van der Waals surface area contributed by atoms with E-state index in [1.807, 2.05) is 0 Å². The maximum atomic E-state index is 9.27. The van der Waals surface area contributed by atoms with Crippen LogP contribution in [0.5, 0.6) is 0 Å². The van der Waals surface area contributed by atoms with E-state index >= 15 is 0 Å². The minimum absolute atomic E-state index is 0.00694. The molecule has 1 fully saturated rings. The zero-order valence-electron chi connectivity index (χ0n) is 7.68. The fraction of sp³-hybridized carbons (Fsp3) is 1.00. The van der Waals surface area contributed by atoms with Crippen molar-refractivity contribution >= 4 is 0 Å². The van der Waals surface area contributed by atoms with Crippen molar-refractivity contribution in [3.63, 3.8) is 0 Å². The first-order valence-electron chi connectivity index (χ1n) is 4.20. The molecular weight excluding hydrogens is 140 g/mol. The minimum Gasteiger partial charge on any atom is -0.396 e. The number of hydrogen-bond acceptors (Lipinski definition) is 2. The van der Waals surface area contributed by atoms with E-state index in [4.69, 9.17) is 4.74 Å². The van der Waals surface area contributed by atoms with Gasteiger partial charge in [-0.3, -0.25) is 0 Å². The van der Waals surface area contributed by atoms with Crippen molar-refractivity contribution in [3.05, 3.63) is 0 Å². The normalized spacial score (nSPS) is 32.7. The molecule has 1 saturated heterocycles. The van der Waals surface area contributed by atoms with Gasteiger partial charge in [0.25, 0.3) is 0 Å². The molecule has 66 valence electrons. The fourth-order valence-electron chi connectivity index (χ4n) is 1.56. The van der Waals surface area contributed by atoms with Crippen LogP contribution in [0.25, 0.3) is 0 Å². The minimum atomic E-state index is 0.00694. The van der Waals surface area contributed by atoms with E-state index in [0.29, 0.717) is 6.61 Å². The monoisotopic (exact) mass is 158 g/mol. The van der Waals surface area contributed by atoms with E-state index in [-0.39, 0.29) is 17.4 Å². The molecule has 0 unspecified atom stereocenters. The standard InChI is InChI=1S/C9H18O2/c1-8(2,3)9(6-10)4-5-11-7-9/h10H,4-7H2,1-3H3/t9-/m0/s1. The van der Waals surface area contributed by atoms with Gasteiger partial charge in [-0.1, -0.05) is 20.8 Å². The van der Waals surface area contributed by atoms with Gasteiger partial charge in [0, 0.05) is 12.0 Å². The molecule has 11 heavy (non-hydrogen) atoms. The van der Waals surface area contributed by atoms with E-state index in [1.165, 1.54) is 0 Å². The van der Waals surface area contributed by atoms with E-state index in [1.54, 1.807) is 0 Å². The summed E-state index contributed by atoms with van der Waals surface area (Å²) in [4.78, 5) is 0. The molecule has 1 aliphatic heterocycles. The topological polar surface area (TPSA) is 29.5 Å². The summed E-state index contributed by atoms with van der Waals surface area (Å²) in [5, 5.41) is 9.27. The predicted molar refractivity (Wildman–Crippen MR) is 44.4 cm³/mol. The van der Waals surface area contributed by atoms with Crippen molar-refractivity contribution in [3.8, 4) is 0 Å². The Morgan fingerprint density at radius 1 is 1.45 bits per heavy atom. The van der Waals surface area contributed by atoms with Crippen LogP contribution in [0.3, 0.4) is 0 Å². The lowest BCUT2D eigenvalue weighted by Gasteiger charge is -2.38. The number of aliphatic hydroxyl groups is 1. The number of rotatable bonds is 1. The lowest BCUT2D eigenvalue weighted by atomic mass is 9.67. The van der Waals surface area contributed by atoms with Gasteiger partial charge in [-0.2, -0.15) is 0 Å². The average molecular weight is 158 g/mol. The lowest BCUT2D eigenvalue weighted by Crippen LogP contribution is -2.39. The molecule has 0 spiro atoms. The average Bonchev–Trinajstić information content (AvgIpc) is 2.33. The van der Waals surface area contributed by atoms with Crippen LogP contribution in [0.1, 0.15) is 27.2 Å². The smallest absolute Gasteiger partial charge is 0.0550 e. The number of ether oxygens (including phenoxy) is 1. The first-order valence-corrected chi connectivity index (χ1v) is 4.20. The largest absolute Gasteiger partial charge is 0.396 e. The molecule has 1 heterocycles. The van der Waals surface area contributed by atoms with Gasteiger partial charge in [0.1, 0.15) is 0 Å². The second-order valence-corrected chi connectivity index (χ2v) is 4.49. The Kier molecular flexibility index (Phi) is 2.26. The maximum Gasteiger partial charge on any atom is 0.0550 e. The van der Waals surface area contributed by atoms with Crippen LogP contribution >= 0.6 is 0 Å². The van der Waals surface area contributed by atoms with Crippen molar-refractivity contribution in [2.45, 2.75) is 27.2 Å². The van der Waals surface area contributed by atoms with E-state index in [9.17, 15) is 5.11 Å². The Bertz CT molecular complexity index is 129. The highest BCUT2D eigenvalue weighted by molar-refractivity contribution is 4.92. The van der Waals surface area contributed by atoms with Gasteiger partial charge in [-0.25, -0.2) is 0 Å². The van der Waals surface area contributed by atoms with Crippen molar-refractivity contribution in [2.75, 3.05) is 19.8 Å². The number of hydrogen-bond donors (Lipinski definition) is 1. The summed E-state index contributed by atoms with van der Waals surface area (Å²) < 4.78 is 5.32. The molecule has 0 saturated carbocycles. The highest BCUT2D eigenvalue weighted by atomic mass is 16.5. The summed E-state index contributed by atoms with van der Waals surface area (Å²) in [6.45, 7) is 8.26. The second kappa shape index (κ2) is 2.76. The zero-order chi connectivity index (χ0) is 8.54. The molecule has 1 rings (SSSR count). The van der Waals surface area contributed by atoms with Gasteiger partial charge >= 0.3 is 0 Å². The van der Waals surface area contributed by atoms with Crippen LogP contribution in [0, 0.1) is 10.8 Å². The summed E-state index contributed by atoms with van der Waals surface area (Å²) in [6.07, 6.45) is 0.993. The Morgan fingerprint density at radius 3 is 2.27 bits per heavy atom. The Labute approximate surface area is 68.6 Å². The summed E-state index contributed by atoms with van der Waals surface area (Å²) in [5.41, 5.74) is 0.158. The molecule has 1 N–H and O–H groups in total.